The third-order valence-electron chi connectivity index (χ3n) is 5.09. The molecule has 1 fully saturated rings. The number of piperidine rings is 1. The van der Waals surface area contributed by atoms with Gasteiger partial charge in [0.25, 0.3) is 11.8 Å². The summed E-state index contributed by atoms with van der Waals surface area (Å²) in [5.41, 5.74) is 2.84. The molecule has 2 N–H and O–H groups in total. The molecule has 6 nitrogen and oxygen atoms in total. The minimum absolute atomic E-state index is 0.0414. The normalized spacial score (nSPS) is 16.6. The van der Waals surface area contributed by atoms with Crippen molar-refractivity contribution in [3.8, 4) is 0 Å². The molecule has 0 aliphatic carbocycles. The molecule has 0 spiro atoms. The van der Waals surface area contributed by atoms with Gasteiger partial charge < -0.3 is 10.2 Å². The Labute approximate surface area is 163 Å². The van der Waals surface area contributed by atoms with E-state index in [0.717, 1.165) is 25.1 Å². The molecule has 4 rings (SSSR count). The lowest BCUT2D eigenvalue weighted by Crippen LogP contribution is -2.39. The van der Waals surface area contributed by atoms with Crippen molar-refractivity contribution in [2.75, 3.05) is 18.4 Å². The largest absolute Gasteiger partial charge is 0.338 e. The first kappa shape index (κ1) is 18.0. The van der Waals surface area contributed by atoms with E-state index in [4.69, 9.17) is 0 Å². The fourth-order valence-corrected chi connectivity index (χ4v) is 3.65. The van der Waals surface area contributed by atoms with Crippen molar-refractivity contribution in [1.29, 1.82) is 0 Å². The van der Waals surface area contributed by atoms with Crippen LogP contribution in [0.1, 0.15) is 45.2 Å². The summed E-state index contributed by atoms with van der Waals surface area (Å²) in [5.74, 6) is -0.0223. The first-order chi connectivity index (χ1) is 13.7. The highest BCUT2D eigenvalue weighted by atomic mass is 16.2. The Kier molecular flexibility index (Phi) is 5.19. The number of carbonyl (C=O) groups is 2. The van der Waals surface area contributed by atoms with Gasteiger partial charge >= 0.3 is 0 Å². The van der Waals surface area contributed by atoms with Crippen LogP contribution in [0.5, 0.6) is 0 Å². The van der Waals surface area contributed by atoms with Gasteiger partial charge in [0, 0.05) is 30.1 Å². The van der Waals surface area contributed by atoms with Gasteiger partial charge in [-0.15, -0.1) is 0 Å². The molecule has 1 aliphatic rings. The van der Waals surface area contributed by atoms with Crippen LogP contribution in [0.3, 0.4) is 0 Å². The topological polar surface area (TPSA) is 78.1 Å². The van der Waals surface area contributed by atoms with Gasteiger partial charge in [-0.3, -0.25) is 14.7 Å². The second-order valence-corrected chi connectivity index (χ2v) is 6.97. The summed E-state index contributed by atoms with van der Waals surface area (Å²) in [6.07, 6.45) is 3.48. The number of aromatic nitrogens is 2. The zero-order valence-electron chi connectivity index (χ0n) is 15.5. The van der Waals surface area contributed by atoms with Gasteiger partial charge in [0.15, 0.2) is 0 Å². The standard InChI is InChI=1S/C22H22N4O2/c27-21(16-8-3-1-4-9-16)24-19-14-23-25-20(19)18-12-7-13-26(15-18)22(28)17-10-5-2-6-11-17/h1-6,8-11,14,18H,7,12-13,15H2,(H,23,25)(H,24,27). The maximum Gasteiger partial charge on any atom is 0.255 e. The zero-order chi connectivity index (χ0) is 19.3. The summed E-state index contributed by atoms with van der Waals surface area (Å²) < 4.78 is 0. The molecular weight excluding hydrogens is 352 g/mol. The highest BCUT2D eigenvalue weighted by Crippen LogP contribution is 2.31. The van der Waals surface area contributed by atoms with Crippen molar-refractivity contribution in [2.24, 2.45) is 0 Å². The number of H-pyrrole nitrogens is 1. The Morgan fingerprint density at radius 1 is 1.00 bits per heavy atom. The summed E-state index contributed by atoms with van der Waals surface area (Å²) in [4.78, 5) is 27.2. The second kappa shape index (κ2) is 8.08. The fraction of sp³-hybridized carbons (Fsp3) is 0.227. The quantitative estimate of drug-likeness (QED) is 0.731. The number of aromatic amines is 1. The number of hydrogen-bond acceptors (Lipinski definition) is 3. The minimum Gasteiger partial charge on any atom is -0.338 e. The SMILES string of the molecule is O=C(Nc1cn[nH]c1C1CCCN(C(=O)c2ccccc2)C1)c1ccccc1. The van der Waals surface area contributed by atoms with E-state index < -0.39 is 0 Å². The highest BCUT2D eigenvalue weighted by Gasteiger charge is 2.28. The molecule has 28 heavy (non-hydrogen) atoms. The lowest BCUT2D eigenvalue weighted by molar-refractivity contribution is 0.0705. The van der Waals surface area contributed by atoms with E-state index >= 15 is 0 Å². The predicted octanol–water partition coefficient (Wildman–Crippen LogP) is 3.68. The Bertz CT molecular complexity index is 953. The van der Waals surface area contributed by atoms with E-state index in [0.29, 0.717) is 23.4 Å². The third-order valence-corrected chi connectivity index (χ3v) is 5.09. The molecule has 1 aromatic heterocycles. The van der Waals surface area contributed by atoms with Gasteiger partial charge in [0.1, 0.15) is 0 Å². The van der Waals surface area contributed by atoms with Crippen molar-refractivity contribution in [3.63, 3.8) is 0 Å². The molecule has 142 valence electrons. The molecule has 1 saturated heterocycles. The molecule has 1 atom stereocenters. The number of rotatable bonds is 4. The monoisotopic (exact) mass is 374 g/mol. The molecule has 1 aliphatic heterocycles. The molecule has 2 heterocycles. The van der Waals surface area contributed by atoms with E-state index in [1.165, 1.54) is 0 Å². The van der Waals surface area contributed by atoms with Crippen LogP contribution in [0.25, 0.3) is 0 Å². The summed E-state index contributed by atoms with van der Waals surface area (Å²) in [6.45, 7) is 1.34. The van der Waals surface area contributed by atoms with Crippen LogP contribution in [-0.2, 0) is 0 Å². The molecule has 2 amide bonds. The van der Waals surface area contributed by atoms with Crippen molar-refractivity contribution < 1.29 is 9.59 Å². The van der Waals surface area contributed by atoms with Gasteiger partial charge in [0.05, 0.1) is 17.6 Å². The van der Waals surface area contributed by atoms with E-state index in [2.05, 4.69) is 15.5 Å². The Morgan fingerprint density at radius 2 is 1.68 bits per heavy atom. The highest BCUT2D eigenvalue weighted by molar-refractivity contribution is 6.04. The molecule has 1 unspecified atom stereocenters. The van der Waals surface area contributed by atoms with Gasteiger partial charge in [-0.25, -0.2) is 0 Å². The molecule has 0 radical (unpaired) electrons. The van der Waals surface area contributed by atoms with Crippen LogP contribution in [0.15, 0.2) is 66.9 Å². The van der Waals surface area contributed by atoms with E-state index in [-0.39, 0.29) is 17.7 Å². The summed E-state index contributed by atoms with van der Waals surface area (Å²) >= 11 is 0. The number of hydrogen-bond donors (Lipinski definition) is 2. The van der Waals surface area contributed by atoms with E-state index in [1.54, 1.807) is 18.3 Å². The number of nitrogens with one attached hydrogen (secondary N) is 2. The lowest BCUT2D eigenvalue weighted by Gasteiger charge is -2.32. The average Bonchev–Trinajstić information content (AvgIpc) is 3.22. The number of carbonyl (C=O) groups excluding carboxylic acids is 2. The van der Waals surface area contributed by atoms with Crippen LogP contribution >= 0.6 is 0 Å². The smallest absolute Gasteiger partial charge is 0.255 e. The number of amides is 2. The first-order valence-corrected chi connectivity index (χ1v) is 9.46. The molecular formula is C22H22N4O2. The minimum atomic E-state index is -0.170. The second-order valence-electron chi connectivity index (χ2n) is 6.97. The van der Waals surface area contributed by atoms with Crippen LogP contribution in [-0.4, -0.2) is 40.0 Å². The van der Waals surface area contributed by atoms with Crippen molar-refractivity contribution in [1.82, 2.24) is 15.1 Å². The molecule has 3 aromatic rings. The van der Waals surface area contributed by atoms with Gasteiger partial charge in [0.2, 0.25) is 0 Å². The maximum absolute atomic E-state index is 12.8. The molecule has 0 bridgehead atoms. The van der Waals surface area contributed by atoms with Gasteiger partial charge in [-0.1, -0.05) is 36.4 Å². The van der Waals surface area contributed by atoms with Crippen molar-refractivity contribution in [3.05, 3.63) is 83.7 Å². The van der Waals surface area contributed by atoms with Crippen LogP contribution in [0, 0.1) is 0 Å². The zero-order valence-corrected chi connectivity index (χ0v) is 15.5. The maximum atomic E-state index is 12.8. The number of nitrogens with zero attached hydrogens (tertiary/aromatic N) is 2. The Hall–Kier alpha value is -3.41. The van der Waals surface area contributed by atoms with Gasteiger partial charge in [-0.2, -0.15) is 5.10 Å². The number of likely N-dealkylation sites (tertiary alicyclic amines) is 1. The lowest BCUT2D eigenvalue weighted by atomic mass is 9.93. The summed E-state index contributed by atoms with van der Waals surface area (Å²) in [5, 5.41) is 10.1. The molecule has 2 aromatic carbocycles. The first-order valence-electron chi connectivity index (χ1n) is 9.46. The summed E-state index contributed by atoms with van der Waals surface area (Å²) in [6, 6.07) is 18.4. The molecule has 0 saturated carbocycles. The number of benzene rings is 2. The third kappa shape index (κ3) is 3.81. The molecule has 6 heteroatoms. The number of anilines is 1. The van der Waals surface area contributed by atoms with Crippen LogP contribution in [0.2, 0.25) is 0 Å². The van der Waals surface area contributed by atoms with Crippen molar-refractivity contribution >= 4 is 17.5 Å². The predicted molar refractivity (Wildman–Crippen MR) is 107 cm³/mol. The van der Waals surface area contributed by atoms with Crippen LogP contribution in [0.4, 0.5) is 5.69 Å². The fourth-order valence-electron chi connectivity index (χ4n) is 3.65. The van der Waals surface area contributed by atoms with Crippen molar-refractivity contribution in [2.45, 2.75) is 18.8 Å². The average molecular weight is 374 g/mol. The van der Waals surface area contributed by atoms with Gasteiger partial charge in [-0.05, 0) is 37.1 Å². The van der Waals surface area contributed by atoms with Crippen LogP contribution < -0.4 is 5.32 Å². The Morgan fingerprint density at radius 3 is 2.39 bits per heavy atom. The van der Waals surface area contributed by atoms with E-state index in [1.807, 2.05) is 53.4 Å². The summed E-state index contributed by atoms with van der Waals surface area (Å²) in [7, 11) is 0. The Balaban J connectivity index is 1.48. The van der Waals surface area contributed by atoms with E-state index in [9.17, 15) is 9.59 Å².